The van der Waals surface area contributed by atoms with Crippen molar-refractivity contribution in [3.05, 3.63) is 41.4 Å². The number of hydroxylamine groups is 2. The van der Waals surface area contributed by atoms with Crippen LogP contribution in [0.15, 0.2) is 46.6 Å². The molecule has 1 aromatic carbocycles. The Hall–Kier alpha value is -4.29. The normalized spacial score (nSPS) is 24.6. The number of amides is 2. The van der Waals surface area contributed by atoms with Gasteiger partial charge in [-0.15, -0.1) is 4.28 Å². The molecule has 4 aliphatic rings. The van der Waals surface area contributed by atoms with Gasteiger partial charge in [0.05, 0.1) is 28.2 Å². The molecule has 2 aromatic rings. The first-order valence-corrected chi connectivity index (χ1v) is 19.3. The van der Waals surface area contributed by atoms with E-state index in [0.717, 1.165) is 67.8 Å². The first-order chi connectivity index (χ1) is 25.4. The highest BCUT2D eigenvalue weighted by Gasteiger charge is 2.57. The van der Waals surface area contributed by atoms with Gasteiger partial charge in [0.2, 0.25) is 0 Å². The number of anilines is 1. The number of thioether (sulfide) groups is 1. The number of fused-ring (bicyclic) bond motifs is 1. The van der Waals surface area contributed by atoms with Crippen molar-refractivity contribution in [1.29, 1.82) is 0 Å². The first-order valence-electron chi connectivity index (χ1n) is 17.1. The van der Waals surface area contributed by atoms with Crippen molar-refractivity contribution in [2.24, 2.45) is 22.5 Å². The highest BCUT2D eigenvalue weighted by Crippen LogP contribution is 2.38. The molecule has 6 rings (SSSR count). The molecule has 294 valence electrons. The summed E-state index contributed by atoms with van der Waals surface area (Å²) in [6.07, 6.45) is -1.64. The number of nitrogens with zero attached hydrogens (tertiary/aromatic N) is 5. The van der Waals surface area contributed by atoms with Crippen molar-refractivity contribution < 1.29 is 46.3 Å². The molecule has 3 atom stereocenters. The zero-order valence-electron chi connectivity index (χ0n) is 29.9. The van der Waals surface area contributed by atoms with E-state index in [1.807, 2.05) is 12.1 Å². The number of benzene rings is 1. The number of carboxylic acids is 1. The summed E-state index contributed by atoms with van der Waals surface area (Å²) >= 11 is 1.13. The summed E-state index contributed by atoms with van der Waals surface area (Å²) < 4.78 is 41.4. The van der Waals surface area contributed by atoms with Crippen molar-refractivity contribution in [2.45, 2.75) is 42.9 Å². The van der Waals surface area contributed by atoms with Gasteiger partial charge < -0.3 is 47.0 Å². The zero-order chi connectivity index (χ0) is 39.1. The van der Waals surface area contributed by atoms with Gasteiger partial charge in [0.25, 0.3) is 17.9 Å². The molecule has 2 amide bonds. The van der Waals surface area contributed by atoms with Crippen LogP contribution < -0.4 is 37.1 Å². The molecule has 54 heavy (non-hydrogen) atoms. The van der Waals surface area contributed by atoms with Crippen LogP contribution in [0.4, 0.5) is 5.82 Å². The van der Waals surface area contributed by atoms with Gasteiger partial charge in [0, 0.05) is 63.2 Å². The number of ether oxygens (including phenoxy) is 1. The molecule has 20 nitrogen and oxygen atoms in total. The Labute approximate surface area is 315 Å². The lowest BCUT2D eigenvalue weighted by atomic mass is 9.78. The minimum absolute atomic E-state index is 0.0403. The molecule has 1 unspecified atom stereocenters. The highest BCUT2D eigenvalue weighted by atomic mass is 32.3. The number of pyridine rings is 1. The number of carbonyl (C=O) groups excluding carboxylic acids is 2. The monoisotopic (exact) mass is 792 g/mol. The van der Waals surface area contributed by atoms with Crippen LogP contribution in [0.1, 0.15) is 20.8 Å². The first kappa shape index (κ1) is 39.4. The number of rotatable bonds is 15. The Balaban J connectivity index is 1.08. The smallest absolute Gasteiger partial charge is 0.418 e. The molecule has 0 radical (unpaired) electrons. The summed E-state index contributed by atoms with van der Waals surface area (Å²) in [4.78, 5) is 51.9. The third kappa shape index (κ3) is 8.34. The van der Waals surface area contributed by atoms with Gasteiger partial charge in [0.1, 0.15) is 23.2 Å². The van der Waals surface area contributed by atoms with Crippen molar-refractivity contribution in [3.63, 3.8) is 0 Å². The van der Waals surface area contributed by atoms with Crippen molar-refractivity contribution in [1.82, 2.24) is 30.9 Å². The predicted octanol–water partition coefficient (Wildman–Crippen LogP) is -1.24. The van der Waals surface area contributed by atoms with Crippen molar-refractivity contribution >= 4 is 62.4 Å². The van der Waals surface area contributed by atoms with Crippen LogP contribution in [0.3, 0.4) is 0 Å². The van der Waals surface area contributed by atoms with Crippen LogP contribution >= 0.6 is 11.8 Å². The van der Waals surface area contributed by atoms with Gasteiger partial charge >= 0.3 is 16.4 Å². The molecule has 1 aromatic heterocycles. The van der Waals surface area contributed by atoms with Crippen LogP contribution in [0.5, 0.6) is 5.75 Å². The molecule has 0 saturated carbocycles. The average molecular weight is 793 g/mol. The summed E-state index contributed by atoms with van der Waals surface area (Å²) in [5, 5.41) is 25.3. The molecule has 5 heterocycles. The van der Waals surface area contributed by atoms with Gasteiger partial charge in [-0.25, -0.2) is 9.78 Å². The van der Waals surface area contributed by atoms with Gasteiger partial charge in [-0.2, -0.15) is 13.5 Å². The molecule has 0 aliphatic carbocycles. The van der Waals surface area contributed by atoms with Crippen molar-refractivity contribution in [2.75, 3.05) is 63.9 Å². The quantitative estimate of drug-likeness (QED) is 0.0481. The van der Waals surface area contributed by atoms with E-state index in [1.165, 1.54) is 19.3 Å². The average Bonchev–Trinajstić information content (AvgIpc) is 3.46. The Morgan fingerprint density at radius 2 is 1.89 bits per heavy atom. The number of piperazine rings is 1. The number of hydrogen-bond donors (Lipinski definition) is 7. The summed E-state index contributed by atoms with van der Waals surface area (Å²) in [7, 11) is -4.96. The van der Waals surface area contributed by atoms with E-state index >= 15 is 0 Å². The molecule has 0 spiro atoms. The van der Waals surface area contributed by atoms with Crippen LogP contribution in [0.2, 0.25) is 0 Å². The molecule has 4 aliphatic heterocycles. The second kappa shape index (κ2) is 15.1. The molecule has 3 saturated heterocycles. The van der Waals surface area contributed by atoms with E-state index in [4.69, 9.17) is 30.6 Å². The number of hydrogen-bond acceptors (Lipinski definition) is 17. The number of carbonyl (C=O) groups is 3. The van der Waals surface area contributed by atoms with E-state index in [2.05, 4.69) is 35.2 Å². The Bertz CT molecular complexity index is 1960. The Morgan fingerprint density at radius 3 is 2.46 bits per heavy atom. The number of carboxylic acid groups (broad SMARTS) is 1. The molecular weight excluding hydrogens is 749 g/mol. The molecule has 9 N–H and O–H groups in total. The van der Waals surface area contributed by atoms with Gasteiger partial charge in [-0.3, -0.25) is 19.0 Å². The largest absolute Gasteiger partial charge is 0.489 e. The predicted molar refractivity (Wildman–Crippen MR) is 197 cm³/mol. The van der Waals surface area contributed by atoms with E-state index in [1.54, 1.807) is 25.1 Å². The molecule has 22 heteroatoms. The maximum atomic E-state index is 13.4. The fourth-order valence-electron chi connectivity index (χ4n) is 6.60. The second-order valence-corrected chi connectivity index (χ2v) is 16.5. The van der Waals surface area contributed by atoms with Gasteiger partial charge in [0.15, 0.2) is 5.71 Å². The number of aliphatic carboxylic acids is 1. The van der Waals surface area contributed by atoms with E-state index in [-0.39, 0.29) is 23.5 Å². The van der Waals surface area contributed by atoms with Gasteiger partial charge in [-0.05, 0) is 51.1 Å². The van der Waals surface area contributed by atoms with Crippen LogP contribution in [0, 0.1) is 5.92 Å². The van der Waals surface area contributed by atoms with E-state index in [0.29, 0.717) is 17.4 Å². The summed E-state index contributed by atoms with van der Waals surface area (Å²) in [5.74, 6) is -2.79. The lowest BCUT2D eigenvalue weighted by Gasteiger charge is -2.52. The Morgan fingerprint density at radius 1 is 1.17 bits per heavy atom. The fourth-order valence-corrected chi connectivity index (χ4v) is 7.75. The topological polar surface area (TPSA) is 277 Å². The number of β-lactam (4-membered cyclic amide) rings is 1. The Kier molecular flexibility index (Phi) is 11.0. The van der Waals surface area contributed by atoms with E-state index < -0.39 is 57.3 Å². The maximum absolute atomic E-state index is 13.4. The number of aromatic nitrogens is 1. The standard InChI is InChI=1S/C32H44N10O10S2/c1-30(2)21(28(44)42(30)52-54(47,48)49)13-36-27(43)26(23-15-53-31(3,34)38-23)39-51-24(29(45)46)14-50-20-5-6-22-19(12-20)4-7-25(37-22)40-8-10-41(11-9-40)32(16-33)17-35-18-32/h4-7,12,15,21,24,35,38H,8-11,13-14,16-18,33-34H2,1-3H3,(H,36,43)(H,45,46)(H,47,48,49)/b39-26-/t21-,24+,31?/m1/s1. The van der Waals surface area contributed by atoms with Gasteiger partial charge in [-0.1, -0.05) is 16.9 Å². The lowest BCUT2D eigenvalue weighted by Crippen LogP contribution is -2.74. The maximum Gasteiger partial charge on any atom is 0.418 e. The van der Waals surface area contributed by atoms with Crippen LogP contribution in [-0.2, 0) is 33.9 Å². The number of nitrogens with two attached hydrogens (primary N) is 2. The summed E-state index contributed by atoms with van der Waals surface area (Å²) in [5.41, 5.74) is 11.5. The minimum atomic E-state index is -4.96. The van der Waals surface area contributed by atoms with Crippen LogP contribution in [-0.4, -0.2) is 138 Å². The van der Waals surface area contributed by atoms with Crippen LogP contribution in [0.25, 0.3) is 10.9 Å². The third-order valence-corrected chi connectivity index (χ3v) is 11.2. The second-order valence-electron chi connectivity index (χ2n) is 14.1. The zero-order valence-corrected chi connectivity index (χ0v) is 31.5. The molecule has 3 fully saturated rings. The number of oxime groups is 1. The number of nitrogens with one attached hydrogen (secondary N) is 3. The third-order valence-electron chi connectivity index (χ3n) is 9.94. The fraction of sp³-hybridized carbons (Fsp3) is 0.531. The lowest BCUT2D eigenvalue weighted by molar-refractivity contribution is -0.227. The highest BCUT2D eigenvalue weighted by molar-refractivity contribution is 8.03. The molecular formula is C32H44N10O10S2. The minimum Gasteiger partial charge on any atom is -0.489 e. The van der Waals surface area contributed by atoms with Crippen molar-refractivity contribution in [3.8, 4) is 5.75 Å². The van der Waals surface area contributed by atoms with E-state index in [9.17, 15) is 27.9 Å². The summed E-state index contributed by atoms with van der Waals surface area (Å²) in [6.45, 7) is 9.70. The SMILES string of the molecule is CC1(N)NC(/C(=N/O[C@@H](COc2ccc3nc(N4CCN(C5(CN)CNC5)CC4)ccc3c2)C(=O)O)C(=O)NC[C@@H]2C(=O)N(OS(=O)(=O)O)C2(C)C)=CS1. The molecule has 0 bridgehead atoms. The summed E-state index contributed by atoms with van der Waals surface area (Å²) in [6, 6.07) is 9.06.